The lowest BCUT2D eigenvalue weighted by Gasteiger charge is -2.01. The van der Waals surface area contributed by atoms with Gasteiger partial charge in [0.05, 0.1) is 30.5 Å². The molecule has 0 saturated heterocycles. The Morgan fingerprint density at radius 3 is 3.00 bits per heavy atom. The Morgan fingerprint density at radius 2 is 2.24 bits per heavy atom. The molecule has 0 fully saturated rings. The first kappa shape index (κ1) is 14.6. The number of hydrogen-bond acceptors (Lipinski definition) is 5. The van der Waals surface area contributed by atoms with Crippen molar-refractivity contribution in [1.29, 1.82) is 0 Å². The molecule has 0 aliphatic carbocycles. The molecule has 4 nitrogen and oxygen atoms in total. The topological polar surface area (TPSA) is 43.4 Å². The van der Waals surface area contributed by atoms with E-state index in [-0.39, 0.29) is 0 Å². The van der Waals surface area contributed by atoms with E-state index in [1.54, 1.807) is 18.4 Å². The van der Waals surface area contributed by atoms with Gasteiger partial charge in [-0.1, -0.05) is 6.92 Å². The molecule has 0 aliphatic heterocycles. The molecule has 0 saturated carbocycles. The van der Waals surface area contributed by atoms with Crippen LogP contribution in [0.3, 0.4) is 0 Å². The molecule has 0 atom stereocenters. The van der Waals surface area contributed by atoms with Crippen molar-refractivity contribution in [3.05, 3.63) is 16.1 Å². The smallest absolute Gasteiger partial charge is 0.0951 e. The fourth-order valence-electron chi connectivity index (χ4n) is 1.34. The Labute approximate surface area is 107 Å². The van der Waals surface area contributed by atoms with Crippen LogP contribution in [-0.2, 0) is 22.4 Å². The summed E-state index contributed by atoms with van der Waals surface area (Å²) < 4.78 is 10.3. The van der Waals surface area contributed by atoms with Crippen molar-refractivity contribution in [3.63, 3.8) is 0 Å². The predicted octanol–water partition coefficient (Wildman–Crippen LogP) is 1.85. The Bertz CT molecular complexity index is 292. The third-order valence-corrected chi connectivity index (χ3v) is 3.18. The molecule has 0 unspecified atom stereocenters. The highest BCUT2D eigenvalue weighted by Crippen LogP contribution is 2.10. The maximum atomic E-state index is 5.41. The third-order valence-electron chi connectivity index (χ3n) is 2.22. The van der Waals surface area contributed by atoms with Gasteiger partial charge in [-0.05, 0) is 13.0 Å². The summed E-state index contributed by atoms with van der Waals surface area (Å²) in [6, 6.07) is 0. The Morgan fingerprint density at radius 1 is 1.35 bits per heavy atom. The summed E-state index contributed by atoms with van der Waals surface area (Å²) in [4.78, 5) is 4.54. The van der Waals surface area contributed by atoms with Gasteiger partial charge < -0.3 is 14.8 Å². The summed E-state index contributed by atoms with van der Waals surface area (Å²) >= 11 is 1.71. The van der Waals surface area contributed by atoms with Crippen molar-refractivity contribution in [2.45, 2.75) is 26.3 Å². The lowest BCUT2D eigenvalue weighted by atomic mass is 10.4. The second-order valence-corrected chi connectivity index (χ2v) is 4.71. The lowest BCUT2D eigenvalue weighted by Crippen LogP contribution is -2.14. The predicted molar refractivity (Wildman–Crippen MR) is 70.5 cm³/mol. The van der Waals surface area contributed by atoms with Crippen LogP contribution in [0.25, 0.3) is 0 Å². The van der Waals surface area contributed by atoms with E-state index in [0.717, 1.165) is 43.2 Å². The fourth-order valence-corrected chi connectivity index (χ4v) is 2.12. The maximum Gasteiger partial charge on any atom is 0.0951 e. The zero-order valence-electron chi connectivity index (χ0n) is 10.7. The minimum absolute atomic E-state index is 0.657. The summed E-state index contributed by atoms with van der Waals surface area (Å²) in [5, 5.41) is 6.61. The molecule has 1 aromatic heterocycles. The normalized spacial score (nSPS) is 10.9. The number of hydrogen-bond donors (Lipinski definition) is 1. The Kier molecular flexibility index (Phi) is 8.17. The summed E-state index contributed by atoms with van der Waals surface area (Å²) in [6.07, 6.45) is 2.05. The monoisotopic (exact) mass is 258 g/mol. The van der Waals surface area contributed by atoms with E-state index in [9.17, 15) is 0 Å². The van der Waals surface area contributed by atoms with Gasteiger partial charge in [-0.15, -0.1) is 11.3 Å². The molecule has 0 aromatic carbocycles. The van der Waals surface area contributed by atoms with Gasteiger partial charge in [0.1, 0.15) is 0 Å². The molecule has 98 valence electrons. The zero-order chi connectivity index (χ0) is 12.3. The second kappa shape index (κ2) is 9.53. The van der Waals surface area contributed by atoms with E-state index in [0.29, 0.717) is 13.2 Å². The zero-order valence-corrected chi connectivity index (χ0v) is 11.5. The average molecular weight is 258 g/mol. The van der Waals surface area contributed by atoms with Crippen LogP contribution in [0.5, 0.6) is 0 Å². The van der Waals surface area contributed by atoms with E-state index >= 15 is 0 Å². The summed E-state index contributed by atoms with van der Waals surface area (Å²) in [5.41, 5.74) is 1.13. The summed E-state index contributed by atoms with van der Waals surface area (Å²) in [7, 11) is 1.68. The highest BCUT2D eigenvalue weighted by Gasteiger charge is 2.01. The number of aromatic nitrogens is 1. The first-order valence-electron chi connectivity index (χ1n) is 6.07. The minimum Gasteiger partial charge on any atom is -0.382 e. The van der Waals surface area contributed by atoms with E-state index in [2.05, 4.69) is 22.6 Å². The van der Waals surface area contributed by atoms with Crippen LogP contribution in [0.4, 0.5) is 0 Å². The van der Waals surface area contributed by atoms with Crippen molar-refractivity contribution in [3.8, 4) is 0 Å². The number of methoxy groups -OCH3 is 1. The van der Waals surface area contributed by atoms with E-state index in [4.69, 9.17) is 9.47 Å². The van der Waals surface area contributed by atoms with Crippen LogP contribution in [-0.4, -0.2) is 38.5 Å². The molecule has 1 rings (SSSR count). The molecular weight excluding hydrogens is 236 g/mol. The third kappa shape index (κ3) is 6.73. The van der Waals surface area contributed by atoms with Crippen molar-refractivity contribution in [1.82, 2.24) is 10.3 Å². The molecule has 0 aliphatic rings. The second-order valence-electron chi connectivity index (χ2n) is 3.76. The van der Waals surface area contributed by atoms with E-state index in [1.165, 1.54) is 0 Å². The standard InChI is InChI=1S/C12H22N2O2S/c1-3-5-13-9-11-10-17-12(14-11)4-6-16-8-7-15-2/h10,13H,3-9H2,1-2H3. The van der Waals surface area contributed by atoms with Gasteiger partial charge in [0, 0.05) is 25.5 Å². The van der Waals surface area contributed by atoms with Crippen molar-refractivity contribution >= 4 is 11.3 Å². The summed E-state index contributed by atoms with van der Waals surface area (Å²) in [6.45, 7) is 6.12. The number of nitrogens with one attached hydrogen (secondary N) is 1. The highest BCUT2D eigenvalue weighted by molar-refractivity contribution is 7.09. The van der Waals surface area contributed by atoms with Crippen LogP contribution < -0.4 is 5.32 Å². The molecule has 1 heterocycles. The van der Waals surface area contributed by atoms with Gasteiger partial charge in [0.2, 0.25) is 0 Å². The number of ether oxygens (including phenoxy) is 2. The quantitative estimate of drug-likeness (QED) is 0.650. The largest absolute Gasteiger partial charge is 0.382 e. The van der Waals surface area contributed by atoms with Crippen molar-refractivity contribution < 1.29 is 9.47 Å². The van der Waals surface area contributed by atoms with Crippen LogP contribution >= 0.6 is 11.3 Å². The van der Waals surface area contributed by atoms with Gasteiger partial charge in [-0.2, -0.15) is 0 Å². The van der Waals surface area contributed by atoms with Gasteiger partial charge in [-0.25, -0.2) is 4.98 Å². The molecule has 0 spiro atoms. The molecule has 1 aromatic rings. The highest BCUT2D eigenvalue weighted by atomic mass is 32.1. The van der Waals surface area contributed by atoms with Crippen LogP contribution in [0, 0.1) is 0 Å². The molecule has 1 N–H and O–H groups in total. The minimum atomic E-state index is 0.657. The SMILES string of the molecule is CCCNCc1csc(CCOCCOC)n1. The van der Waals surface area contributed by atoms with Crippen LogP contribution in [0.15, 0.2) is 5.38 Å². The number of nitrogens with zero attached hydrogens (tertiary/aromatic N) is 1. The number of rotatable bonds is 10. The average Bonchev–Trinajstić information content (AvgIpc) is 2.77. The van der Waals surface area contributed by atoms with Gasteiger partial charge in [-0.3, -0.25) is 0 Å². The first-order valence-corrected chi connectivity index (χ1v) is 6.95. The van der Waals surface area contributed by atoms with Crippen molar-refractivity contribution in [2.75, 3.05) is 33.5 Å². The molecule has 17 heavy (non-hydrogen) atoms. The number of thiazole rings is 1. The van der Waals surface area contributed by atoms with Gasteiger partial charge in [0.25, 0.3) is 0 Å². The van der Waals surface area contributed by atoms with Crippen molar-refractivity contribution in [2.24, 2.45) is 0 Å². The molecule has 0 radical (unpaired) electrons. The first-order chi connectivity index (χ1) is 8.36. The Balaban J connectivity index is 2.12. The van der Waals surface area contributed by atoms with E-state index in [1.807, 2.05) is 0 Å². The fraction of sp³-hybridized carbons (Fsp3) is 0.750. The van der Waals surface area contributed by atoms with E-state index < -0.39 is 0 Å². The molecule has 0 amide bonds. The van der Waals surface area contributed by atoms with Gasteiger partial charge >= 0.3 is 0 Å². The lowest BCUT2D eigenvalue weighted by molar-refractivity contribution is 0.0722. The molecular formula is C12H22N2O2S. The molecule has 0 bridgehead atoms. The summed E-state index contributed by atoms with van der Waals surface area (Å²) in [5.74, 6) is 0. The van der Waals surface area contributed by atoms with Crippen LogP contribution in [0.2, 0.25) is 0 Å². The van der Waals surface area contributed by atoms with Crippen LogP contribution in [0.1, 0.15) is 24.0 Å². The Hall–Kier alpha value is -0.490. The molecule has 5 heteroatoms. The maximum absolute atomic E-state index is 5.41. The van der Waals surface area contributed by atoms with Gasteiger partial charge in [0.15, 0.2) is 0 Å².